The van der Waals surface area contributed by atoms with Crippen LogP contribution in [0.4, 0.5) is 15.8 Å². The fourth-order valence-corrected chi connectivity index (χ4v) is 2.52. The van der Waals surface area contributed by atoms with Gasteiger partial charge in [-0.1, -0.05) is 0 Å². The van der Waals surface area contributed by atoms with Crippen molar-refractivity contribution in [2.75, 3.05) is 32.0 Å². The molecule has 0 heterocycles. The molecule has 0 bridgehead atoms. The summed E-state index contributed by atoms with van der Waals surface area (Å²) < 4.78 is 29.7. The zero-order valence-corrected chi connectivity index (χ0v) is 15.5. The Hall–Kier alpha value is -3.29. The van der Waals surface area contributed by atoms with E-state index in [-0.39, 0.29) is 18.0 Å². The Kier molecular flexibility index (Phi) is 6.59. The lowest BCUT2D eigenvalue weighted by molar-refractivity contribution is -0.116. The third kappa shape index (κ3) is 5.10. The van der Waals surface area contributed by atoms with Crippen LogP contribution in [0, 0.1) is 5.82 Å². The number of methoxy groups -OCH3 is 3. The molecule has 2 rings (SSSR count). The lowest BCUT2D eigenvalue weighted by Crippen LogP contribution is -2.16. The molecule has 2 aromatic carbocycles. The Morgan fingerprint density at radius 3 is 2.11 bits per heavy atom. The molecule has 2 aromatic rings. The van der Waals surface area contributed by atoms with E-state index in [0.717, 1.165) is 0 Å². The zero-order valence-electron chi connectivity index (χ0n) is 15.5. The highest BCUT2D eigenvalue weighted by Gasteiger charge is 2.16. The zero-order chi connectivity index (χ0) is 20.0. The maximum atomic E-state index is 14.0. The van der Waals surface area contributed by atoms with E-state index in [0.29, 0.717) is 28.5 Å². The molecule has 0 unspecified atom stereocenters. The van der Waals surface area contributed by atoms with Crippen LogP contribution in [0.25, 0.3) is 0 Å². The summed E-state index contributed by atoms with van der Waals surface area (Å²) in [6, 6.07) is 7.21. The Bertz CT molecular complexity index is 829. The minimum atomic E-state index is -0.609. The molecule has 0 saturated heterocycles. The van der Waals surface area contributed by atoms with Crippen LogP contribution in [0.3, 0.4) is 0 Å². The summed E-state index contributed by atoms with van der Waals surface area (Å²) in [7, 11) is 4.44. The van der Waals surface area contributed by atoms with Gasteiger partial charge in [0.05, 0.1) is 33.4 Å². The summed E-state index contributed by atoms with van der Waals surface area (Å²) in [5.74, 6) is -0.100. The second-order valence-corrected chi connectivity index (χ2v) is 5.63. The molecule has 27 heavy (non-hydrogen) atoms. The summed E-state index contributed by atoms with van der Waals surface area (Å²) in [4.78, 5) is 23.5. The van der Waals surface area contributed by atoms with Crippen LogP contribution < -0.4 is 24.8 Å². The van der Waals surface area contributed by atoms with Crippen molar-refractivity contribution in [2.24, 2.45) is 0 Å². The Balaban J connectivity index is 2.20. The standard InChI is InChI=1S/C19H21FN2O5/c1-11(23)21-13-5-6-14(20)15(10-13)22-18(24)9-12-7-16(25-2)19(27-4)17(8-12)26-3/h5-8,10H,9H2,1-4H3,(H,21,23)(H,22,24). The quantitative estimate of drug-likeness (QED) is 0.776. The molecular formula is C19H21FN2O5. The molecule has 0 atom stereocenters. The van der Waals surface area contributed by atoms with Crippen molar-refractivity contribution < 1.29 is 28.2 Å². The van der Waals surface area contributed by atoms with Crippen molar-refractivity contribution in [2.45, 2.75) is 13.3 Å². The monoisotopic (exact) mass is 376 g/mol. The van der Waals surface area contributed by atoms with Crippen LogP contribution >= 0.6 is 0 Å². The van der Waals surface area contributed by atoms with Gasteiger partial charge in [0, 0.05) is 12.6 Å². The highest BCUT2D eigenvalue weighted by Crippen LogP contribution is 2.38. The van der Waals surface area contributed by atoms with E-state index < -0.39 is 11.7 Å². The molecule has 2 N–H and O–H groups in total. The molecule has 0 aliphatic rings. The maximum absolute atomic E-state index is 14.0. The predicted molar refractivity (Wildman–Crippen MR) is 99.1 cm³/mol. The van der Waals surface area contributed by atoms with E-state index in [9.17, 15) is 14.0 Å². The Morgan fingerprint density at radius 1 is 0.963 bits per heavy atom. The summed E-state index contributed by atoms with van der Waals surface area (Å²) >= 11 is 0. The van der Waals surface area contributed by atoms with Crippen molar-refractivity contribution in [1.29, 1.82) is 0 Å². The van der Waals surface area contributed by atoms with Gasteiger partial charge in [-0.3, -0.25) is 9.59 Å². The maximum Gasteiger partial charge on any atom is 0.228 e. The number of ether oxygens (including phenoxy) is 3. The molecule has 7 nitrogen and oxygen atoms in total. The third-order valence-corrected chi connectivity index (χ3v) is 3.65. The largest absolute Gasteiger partial charge is 0.493 e. The van der Waals surface area contributed by atoms with E-state index in [1.54, 1.807) is 12.1 Å². The molecule has 0 aliphatic heterocycles. The lowest BCUT2D eigenvalue weighted by Gasteiger charge is -2.14. The third-order valence-electron chi connectivity index (χ3n) is 3.65. The molecule has 0 aliphatic carbocycles. The number of anilines is 2. The number of amides is 2. The number of hydrogen-bond donors (Lipinski definition) is 2. The molecule has 0 spiro atoms. The van der Waals surface area contributed by atoms with Gasteiger partial charge in [-0.25, -0.2) is 4.39 Å². The van der Waals surface area contributed by atoms with Gasteiger partial charge >= 0.3 is 0 Å². The highest BCUT2D eigenvalue weighted by molar-refractivity contribution is 5.94. The number of carbonyl (C=O) groups is 2. The summed E-state index contributed by atoms with van der Waals surface area (Å²) in [5.41, 5.74) is 0.950. The first-order chi connectivity index (χ1) is 12.9. The first-order valence-corrected chi connectivity index (χ1v) is 8.03. The van der Waals surface area contributed by atoms with Gasteiger partial charge in [-0.05, 0) is 35.9 Å². The number of nitrogens with one attached hydrogen (secondary N) is 2. The fourth-order valence-electron chi connectivity index (χ4n) is 2.52. The van der Waals surface area contributed by atoms with E-state index in [4.69, 9.17) is 14.2 Å². The first kappa shape index (κ1) is 20.0. The van der Waals surface area contributed by atoms with Gasteiger partial charge in [0.15, 0.2) is 11.5 Å². The number of hydrogen-bond acceptors (Lipinski definition) is 5. The normalized spacial score (nSPS) is 10.1. The topological polar surface area (TPSA) is 85.9 Å². The summed E-state index contributed by atoms with van der Waals surface area (Å²) in [6.07, 6.45) is -0.0412. The second-order valence-electron chi connectivity index (χ2n) is 5.63. The molecule has 2 amide bonds. The molecular weight excluding hydrogens is 355 g/mol. The van der Waals surface area contributed by atoms with Crippen LogP contribution in [0.2, 0.25) is 0 Å². The van der Waals surface area contributed by atoms with Crippen molar-refractivity contribution in [3.63, 3.8) is 0 Å². The van der Waals surface area contributed by atoms with Gasteiger partial charge in [0.2, 0.25) is 17.6 Å². The fraction of sp³-hybridized carbons (Fsp3) is 0.263. The molecule has 0 fully saturated rings. The van der Waals surface area contributed by atoms with E-state index in [2.05, 4.69) is 10.6 Å². The Morgan fingerprint density at radius 2 is 1.59 bits per heavy atom. The predicted octanol–water partition coefficient (Wildman–Crippen LogP) is 2.99. The smallest absolute Gasteiger partial charge is 0.228 e. The summed E-state index contributed by atoms with van der Waals surface area (Å²) in [5, 5.41) is 5.03. The molecule has 8 heteroatoms. The van der Waals surface area contributed by atoms with E-state index >= 15 is 0 Å². The molecule has 144 valence electrons. The average molecular weight is 376 g/mol. The number of halogens is 1. The van der Waals surface area contributed by atoms with Crippen molar-refractivity contribution in [3.8, 4) is 17.2 Å². The second kappa shape index (κ2) is 8.88. The number of rotatable bonds is 7. The van der Waals surface area contributed by atoms with E-state index in [1.165, 1.54) is 46.5 Å². The van der Waals surface area contributed by atoms with Crippen LogP contribution in [-0.4, -0.2) is 33.1 Å². The van der Waals surface area contributed by atoms with Gasteiger partial charge in [-0.15, -0.1) is 0 Å². The average Bonchev–Trinajstić information content (AvgIpc) is 2.63. The minimum Gasteiger partial charge on any atom is -0.493 e. The Labute approximate surface area is 156 Å². The van der Waals surface area contributed by atoms with Gasteiger partial charge < -0.3 is 24.8 Å². The van der Waals surface area contributed by atoms with Crippen LogP contribution in [-0.2, 0) is 16.0 Å². The van der Waals surface area contributed by atoms with Crippen LogP contribution in [0.15, 0.2) is 30.3 Å². The van der Waals surface area contributed by atoms with Gasteiger partial charge in [0.1, 0.15) is 5.82 Å². The number of benzene rings is 2. The molecule has 0 saturated carbocycles. The summed E-state index contributed by atoms with van der Waals surface area (Å²) in [6.45, 7) is 1.34. The molecule has 0 radical (unpaired) electrons. The number of carbonyl (C=O) groups excluding carboxylic acids is 2. The lowest BCUT2D eigenvalue weighted by atomic mass is 10.1. The van der Waals surface area contributed by atoms with Gasteiger partial charge in [0.25, 0.3) is 0 Å². The van der Waals surface area contributed by atoms with Gasteiger partial charge in [-0.2, -0.15) is 0 Å². The van der Waals surface area contributed by atoms with Crippen molar-refractivity contribution in [1.82, 2.24) is 0 Å². The van der Waals surface area contributed by atoms with Crippen LogP contribution in [0.1, 0.15) is 12.5 Å². The van der Waals surface area contributed by atoms with Crippen molar-refractivity contribution in [3.05, 3.63) is 41.7 Å². The van der Waals surface area contributed by atoms with Crippen LogP contribution in [0.5, 0.6) is 17.2 Å². The van der Waals surface area contributed by atoms with E-state index in [1.807, 2.05) is 0 Å². The molecule has 0 aromatic heterocycles. The first-order valence-electron chi connectivity index (χ1n) is 8.03. The highest BCUT2D eigenvalue weighted by atomic mass is 19.1. The SMILES string of the molecule is COc1cc(CC(=O)Nc2cc(NC(C)=O)ccc2F)cc(OC)c1OC. The minimum absolute atomic E-state index is 0.0290. The van der Waals surface area contributed by atoms with Crippen molar-refractivity contribution >= 4 is 23.2 Å².